The van der Waals surface area contributed by atoms with E-state index in [1.165, 1.54) is 17.0 Å². The normalized spacial score (nSPS) is 14.9. The molecule has 0 radical (unpaired) electrons. The highest BCUT2D eigenvalue weighted by Gasteiger charge is 2.44. The highest BCUT2D eigenvalue weighted by atomic mass is 35.5. The molecule has 1 aliphatic carbocycles. The summed E-state index contributed by atoms with van der Waals surface area (Å²) in [6.07, 6.45) is 0.454. The number of phenolic OH excluding ortho intramolecular Hbond substituents is 1. The van der Waals surface area contributed by atoms with Crippen LogP contribution in [0.5, 0.6) is 5.75 Å². The predicted molar refractivity (Wildman–Crippen MR) is 136 cm³/mol. The smallest absolute Gasteiger partial charge is 0.408 e. The molecule has 0 aromatic heterocycles. The summed E-state index contributed by atoms with van der Waals surface area (Å²) in [7, 11) is 0. The lowest BCUT2D eigenvalue weighted by Gasteiger charge is -2.34. The summed E-state index contributed by atoms with van der Waals surface area (Å²) in [6.45, 7) is 6.16. The standard InChI is InChI=1S/C26H32ClN3O6/c1-15-6-5-7-19(27)21(15)29-23(33)22(16-8-12-18(32)13-9-16)30(17-10-11-17)24(34)20(14-31)28-25(35)36-26(2,3)4/h5-9,12-13,17,20,22,31-32H,10-11,14H2,1-4H3,(H,28,35)(H,29,33). The number of amides is 3. The molecule has 0 aliphatic heterocycles. The van der Waals surface area contributed by atoms with E-state index in [9.17, 15) is 24.6 Å². The van der Waals surface area contributed by atoms with Crippen LogP contribution in [-0.2, 0) is 14.3 Å². The summed E-state index contributed by atoms with van der Waals surface area (Å²) in [5, 5.41) is 25.3. The first-order valence-corrected chi connectivity index (χ1v) is 12.1. The zero-order valence-electron chi connectivity index (χ0n) is 20.7. The number of rotatable bonds is 8. The molecule has 2 atom stereocenters. The fourth-order valence-electron chi connectivity index (χ4n) is 3.76. The minimum atomic E-state index is -1.32. The molecule has 10 heteroatoms. The van der Waals surface area contributed by atoms with E-state index in [2.05, 4.69) is 10.6 Å². The van der Waals surface area contributed by atoms with Crippen molar-refractivity contribution in [3.63, 3.8) is 0 Å². The number of aromatic hydroxyl groups is 1. The number of nitrogens with zero attached hydrogens (tertiary/aromatic N) is 1. The van der Waals surface area contributed by atoms with E-state index < -0.39 is 42.2 Å². The number of carbonyl (C=O) groups is 3. The quantitative estimate of drug-likeness (QED) is 0.420. The van der Waals surface area contributed by atoms with Gasteiger partial charge in [-0.1, -0.05) is 35.9 Å². The number of nitrogens with one attached hydrogen (secondary N) is 2. The predicted octanol–water partition coefficient (Wildman–Crippen LogP) is 3.91. The Balaban J connectivity index is 1.97. The molecule has 194 valence electrons. The zero-order valence-corrected chi connectivity index (χ0v) is 21.5. The molecule has 0 heterocycles. The maximum atomic E-state index is 13.7. The van der Waals surface area contributed by atoms with Crippen molar-refractivity contribution in [3.8, 4) is 5.75 Å². The van der Waals surface area contributed by atoms with Crippen LogP contribution in [0.3, 0.4) is 0 Å². The molecule has 0 bridgehead atoms. The number of aryl methyl sites for hydroxylation is 1. The number of hydrogen-bond acceptors (Lipinski definition) is 6. The van der Waals surface area contributed by atoms with Gasteiger partial charge in [0.05, 0.1) is 17.3 Å². The van der Waals surface area contributed by atoms with E-state index in [1.54, 1.807) is 58.0 Å². The summed E-state index contributed by atoms with van der Waals surface area (Å²) in [5.74, 6) is -1.15. The second-order valence-corrected chi connectivity index (χ2v) is 10.2. The largest absolute Gasteiger partial charge is 0.508 e. The van der Waals surface area contributed by atoms with Crippen molar-refractivity contribution in [1.29, 1.82) is 0 Å². The van der Waals surface area contributed by atoms with Crippen LogP contribution < -0.4 is 10.6 Å². The maximum absolute atomic E-state index is 13.7. The van der Waals surface area contributed by atoms with Gasteiger partial charge in [0.1, 0.15) is 23.4 Å². The molecule has 2 aromatic carbocycles. The zero-order chi connectivity index (χ0) is 26.6. The summed E-state index contributed by atoms with van der Waals surface area (Å²) >= 11 is 6.32. The highest BCUT2D eigenvalue weighted by molar-refractivity contribution is 6.34. The van der Waals surface area contributed by atoms with E-state index in [0.29, 0.717) is 29.1 Å². The number of hydrogen-bond donors (Lipinski definition) is 4. The number of aliphatic hydroxyl groups is 1. The summed E-state index contributed by atoms with van der Waals surface area (Å²) in [5.41, 5.74) is 0.806. The minimum absolute atomic E-state index is 0.00369. The molecule has 1 fully saturated rings. The van der Waals surface area contributed by atoms with Crippen LogP contribution >= 0.6 is 11.6 Å². The Bertz CT molecular complexity index is 1090. The highest BCUT2D eigenvalue weighted by Crippen LogP contribution is 2.37. The average Bonchev–Trinajstić information content (AvgIpc) is 3.62. The molecule has 2 unspecified atom stereocenters. The molecule has 9 nitrogen and oxygen atoms in total. The number of halogens is 1. The van der Waals surface area contributed by atoms with Gasteiger partial charge in [-0.25, -0.2) is 4.79 Å². The third kappa shape index (κ3) is 6.89. The monoisotopic (exact) mass is 517 g/mol. The molecule has 1 aliphatic rings. The summed E-state index contributed by atoms with van der Waals surface area (Å²) in [4.78, 5) is 41.1. The number of para-hydroxylation sites is 1. The molecular weight excluding hydrogens is 486 g/mol. The molecular formula is C26H32ClN3O6. The lowest BCUT2D eigenvalue weighted by Crippen LogP contribution is -2.54. The molecule has 3 rings (SSSR count). The Labute approximate surface area is 215 Å². The van der Waals surface area contributed by atoms with Crippen LogP contribution in [0.2, 0.25) is 5.02 Å². The van der Waals surface area contributed by atoms with Gasteiger partial charge in [-0.2, -0.15) is 0 Å². The maximum Gasteiger partial charge on any atom is 0.408 e. The van der Waals surface area contributed by atoms with Gasteiger partial charge in [0.15, 0.2) is 0 Å². The van der Waals surface area contributed by atoms with Gasteiger partial charge in [0, 0.05) is 6.04 Å². The lowest BCUT2D eigenvalue weighted by atomic mass is 10.0. The molecule has 4 N–H and O–H groups in total. The van der Waals surface area contributed by atoms with Crippen molar-refractivity contribution in [3.05, 3.63) is 58.6 Å². The SMILES string of the molecule is Cc1cccc(Cl)c1NC(=O)C(c1ccc(O)cc1)N(C(=O)C(CO)NC(=O)OC(C)(C)C)C1CC1. The fraction of sp³-hybridized carbons (Fsp3) is 0.423. The van der Waals surface area contributed by atoms with Crippen molar-refractivity contribution >= 4 is 35.2 Å². The Hall–Kier alpha value is -3.30. The second-order valence-electron chi connectivity index (χ2n) is 9.77. The van der Waals surface area contributed by atoms with Gasteiger partial charge >= 0.3 is 6.09 Å². The first kappa shape index (κ1) is 27.3. The van der Waals surface area contributed by atoms with E-state index in [0.717, 1.165) is 5.56 Å². The Kier molecular flexibility index (Phi) is 8.47. The molecule has 1 saturated carbocycles. The van der Waals surface area contributed by atoms with E-state index in [-0.39, 0.29) is 11.8 Å². The summed E-state index contributed by atoms with van der Waals surface area (Å²) in [6, 6.07) is 8.45. The van der Waals surface area contributed by atoms with Crippen LogP contribution in [0.25, 0.3) is 0 Å². The van der Waals surface area contributed by atoms with Crippen molar-refractivity contribution in [2.24, 2.45) is 0 Å². The number of ether oxygens (including phenoxy) is 1. The first-order chi connectivity index (χ1) is 16.9. The Morgan fingerprint density at radius 3 is 2.31 bits per heavy atom. The first-order valence-electron chi connectivity index (χ1n) is 11.7. The van der Waals surface area contributed by atoms with Crippen LogP contribution in [0.1, 0.15) is 50.8 Å². The molecule has 3 amide bonds. The van der Waals surface area contributed by atoms with E-state index >= 15 is 0 Å². The van der Waals surface area contributed by atoms with Crippen LogP contribution in [0, 0.1) is 6.92 Å². The summed E-state index contributed by atoms with van der Waals surface area (Å²) < 4.78 is 5.23. The fourth-order valence-corrected chi connectivity index (χ4v) is 4.03. The molecule has 36 heavy (non-hydrogen) atoms. The number of aliphatic hydroxyl groups excluding tert-OH is 1. The third-order valence-corrected chi connectivity index (χ3v) is 5.89. The van der Waals surface area contributed by atoms with Crippen molar-refractivity contribution in [2.45, 2.75) is 64.3 Å². The number of phenols is 1. The van der Waals surface area contributed by atoms with E-state index in [4.69, 9.17) is 16.3 Å². The second kappa shape index (κ2) is 11.2. The third-order valence-electron chi connectivity index (χ3n) is 5.57. The van der Waals surface area contributed by atoms with Gasteiger partial charge in [-0.05, 0) is 69.9 Å². The minimum Gasteiger partial charge on any atom is -0.508 e. The number of carbonyl (C=O) groups excluding carboxylic acids is 3. The van der Waals surface area contributed by atoms with Gasteiger partial charge in [0.2, 0.25) is 5.91 Å². The van der Waals surface area contributed by atoms with Gasteiger partial charge in [0.25, 0.3) is 5.91 Å². The lowest BCUT2D eigenvalue weighted by molar-refractivity contribution is -0.142. The number of anilines is 1. The van der Waals surface area contributed by atoms with Crippen LogP contribution in [-0.4, -0.2) is 57.3 Å². The molecule has 2 aromatic rings. The van der Waals surface area contributed by atoms with Gasteiger partial charge in [-0.15, -0.1) is 0 Å². The van der Waals surface area contributed by atoms with Crippen molar-refractivity contribution in [1.82, 2.24) is 10.2 Å². The van der Waals surface area contributed by atoms with E-state index in [1.807, 2.05) is 0 Å². The van der Waals surface area contributed by atoms with Gasteiger partial charge in [-0.3, -0.25) is 9.59 Å². The molecule has 0 saturated heterocycles. The Morgan fingerprint density at radius 2 is 1.78 bits per heavy atom. The molecule has 0 spiro atoms. The van der Waals surface area contributed by atoms with Crippen molar-refractivity contribution in [2.75, 3.05) is 11.9 Å². The van der Waals surface area contributed by atoms with Crippen LogP contribution in [0.4, 0.5) is 10.5 Å². The number of benzene rings is 2. The van der Waals surface area contributed by atoms with Gasteiger partial charge < -0.3 is 30.5 Å². The van der Waals surface area contributed by atoms with Crippen LogP contribution in [0.15, 0.2) is 42.5 Å². The van der Waals surface area contributed by atoms with Crippen molar-refractivity contribution < 1.29 is 29.3 Å². The average molecular weight is 518 g/mol. The topological polar surface area (TPSA) is 128 Å². The number of alkyl carbamates (subject to hydrolysis) is 1. The Morgan fingerprint density at radius 1 is 1.14 bits per heavy atom.